The molecular weight excluding hydrogens is 294 g/mol. The van der Waals surface area contributed by atoms with Gasteiger partial charge in [0.25, 0.3) is 0 Å². The van der Waals surface area contributed by atoms with Crippen LogP contribution in [0.3, 0.4) is 0 Å². The van der Waals surface area contributed by atoms with Gasteiger partial charge in [-0.2, -0.15) is 4.31 Å². The first-order chi connectivity index (χ1) is 9.99. The monoisotopic (exact) mass is 315 g/mol. The quantitative estimate of drug-likeness (QED) is 0.636. The minimum atomic E-state index is -3.59. The van der Waals surface area contributed by atoms with Gasteiger partial charge in [0.1, 0.15) is 6.54 Å². The molecule has 0 saturated carbocycles. The summed E-state index contributed by atoms with van der Waals surface area (Å²) in [5.74, 6) is -0.732. The van der Waals surface area contributed by atoms with E-state index in [-0.39, 0.29) is 32.1 Å². The summed E-state index contributed by atoms with van der Waals surface area (Å²) in [5.41, 5.74) is 0.808. The summed E-state index contributed by atoms with van der Waals surface area (Å²) in [6, 6.07) is 9.10. The van der Waals surface area contributed by atoms with Crippen molar-refractivity contribution in [1.29, 1.82) is 0 Å². The van der Waals surface area contributed by atoms with Crippen LogP contribution in [0, 0.1) is 0 Å². The van der Waals surface area contributed by atoms with E-state index in [0.29, 0.717) is 0 Å². The van der Waals surface area contributed by atoms with Crippen LogP contribution >= 0.6 is 0 Å². The molecule has 6 nitrogen and oxygen atoms in total. The maximum Gasteiger partial charge on any atom is 0.321 e. The van der Waals surface area contributed by atoms with Crippen molar-refractivity contribution < 1.29 is 22.7 Å². The molecule has 0 atom stereocenters. The lowest BCUT2D eigenvalue weighted by Crippen LogP contribution is -2.38. The predicted octanol–water partition coefficient (Wildman–Crippen LogP) is 1.03. The molecule has 0 bridgehead atoms. The molecule has 1 rings (SSSR count). The molecule has 0 saturated heterocycles. The summed E-state index contributed by atoms with van der Waals surface area (Å²) < 4.78 is 35.3. The molecule has 0 heterocycles. The van der Waals surface area contributed by atoms with Crippen LogP contribution in [0.5, 0.6) is 0 Å². The van der Waals surface area contributed by atoms with Crippen molar-refractivity contribution in [3.05, 3.63) is 35.9 Å². The number of hydrogen-bond acceptors (Lipinski definition) is 5. The second-order valence-corrected chi connectivity index (χ2v) is 6.46. The minimum Gasteiger partial charge on any atom is -0.465 e. The van der Waals surface area contributed by atoms with Crippen molar-refractivity contribution in [3.63, 3.8) is 0 Å². The van der Waals surface area contributed by atoms with E-state index >= 15 is 0 Å². The van der Waals surface area contributed by atoms with Crippen LogP contribution in [0.4, 0.5) is 0 Å². The predicted molar refractivity (Wildman–Crippen MR) is 79.1 cm³/mol. The third kappa shape index (κ3) is 6.24. The molecule has 118 valence electrons. The zero-order valence-electron chi connectivity index (χ0n) is 12.3. The zero-order valence-corrected chi connectivity index (χ0v) is 13.1. The van der Waals surface area contributed by atoms with Gasteiger partial charge < -0.3 is 9.47 Å². The van der Waals surface area contributed by atoms with Crippen LogP contribution < -0.4 is 0 Å². The summed E-state index contributed by atoms with van der Waals surface area (Å²) >= 11 is 0. The van der Waals surface area contributed by atoms with Gasteiger partial charge in [0.15, 0.2) is 0 Å². The number of nitrogens with zero attached hydrogens (tertiary/aromatic N) is 1. The number of methoxy groups -OCH3 is 1. The van der Waals surface area contributed by atoms with Crippen LogP contribution in [-0.4, -0.2) is 51.3 Å². The summed E-state index contributed by atoms with van der Waals surface area (Å²) in [6.07, 6.45) is 0. The normalized spacial score (nSPS) is 11.6. The Morgan fingerprint density at radius 2 is 1.90 bits per heavy atom. The van der Waals surface area contributed by atoms with Crippen molar-refractivity contribution in [2.24, 2.45) is 0 Å². The van der Waals surface area contributed by atoms with Crippen LogP contribution in [-0.2, 0) is 30.8 Å². The first-order valence-corrected chi connectivity index (χ1v) is 8.26. The van der Waals surface area contributed by atoms with Gasteiger partial charge in [-0.3, -0.25) is 4.79 Å². The van der Waals surface area contributed by atoms with E-state index in [4.69, 9.17) is 9.47 Å². The Morgan fingerprint density at radius 3 is 2.48 bits per heavy atom. The SMILES string of the molecule is CCOC(=O)CN(Cc1ccccc1)S(=O)(=O)CCOC. The summed E-state index contributed by atoms with van der Waals surface area (Å²) in [7, 11) is -2.16. The summed E-state index contributed by atoms with van der Waals surface area (Å²) in [6.45, 7) is 1.81. The molecular formula is C14H21NO5S. The van der Waals surface area contributed by atoms with Gasteiger partial charge in [-0.05, 0) is 12.5 Å². The van der Waals surface area contributed by atoms with Gasteiger partial charge in [-0.1, -0.05) is 30.3 Å². The van der Waals surface area contributed by atoms with Crippen molar-refractivity contribution in [1.82, 2.24) is 4.31 Å². The number of carbonyl (C=O) groups is 1. The summed E-state index contributed by atoms with van der Waals surface area (Å²) in [5, 5.41) is 0. The second-order valence-electron chi connectivity index (χ2n) is 4.37. The smallest absolute Gasteiger partial charge is 0.321 e. The lowest BCUT2D eigenvalue weighted by molar-refractivity contribution is -0.143. The molecule has 0 radical (unpaired) electrons. The van der Waals surface area contributed by atoms with Gasteiger partial charge in [0, 0.05) is 13.7 Å². The van der Waals surface area contributed by atoms with E-state index in [9.17, 15) is 13.2 Å². The first-order valence-electron chi connectivity index (χ1n) is 6.66. The van der Waals surface area contributed by atoms with Crippen molar-refractivity contribution in [3.8, 4) is 0 Å². The molecule has 7 heteroatoms. The van der Waals surface area contributed by atoms with Crippen molar-refractivity contribution >= 4 is 16.0 Å². The number of hydrogen-bond donors (Lipinski definition) is 0. The van der Waals surface area contributed by atoms with Crippen LogP contribution in [0.25, 0.3) is 0 Å². The van der Waals surface area contributed by atoms with E-state index in [1.165, 1.54) is 7.11 Å². The fourth-order valence-corrected chi connectivity index (χ4v) is 2.99. The average molecular weight is 315 g/mol. The molecule has 1 aromatic rings. The highest BCUT2D eigenvalue weighted by molar-refractivity contribution is 7.89. The molecule has 0 aliphatic carbocycles. The van der Waals surface area contributed by atoms with E-state index in [1.807, 2.05) is 30.3 Å². The van der Waals surface area contributed by atoms with Crippen LogP contribution in [0.1, 0.15) is 12.5 Å². The van der Waals surface area contributed by atoms with Gasteiger partial charge >= 0.3 is 5.97 Å². The molecule has 0 aliphatic heterocycles. The fraction of sp³-hybridized carbons (Fsp3) is 0.500. The Bertz CT molecular complexity index is 530. The number of benzene rings is 1. The average Bonchev–Trinajstić information content (AvgIpc) is 2.46. The molecule has 0 spiro atoms. The molecule has 1 aromatic carbocycles. The third-order valence-electron chi connectivity index (χ3n) is 2.75. The Morgan fingerprint density at radius 1 is 1.24 bits per heavy atom. The maximum absolute atomic E-state index is 12.3. The number of ether oxygens (including phenoxy) is 2. The molecule has 0 fully saturated rings. The van der Waals surface area contributed by atoms with Crippen molar-refractivity contribution in [2.45, 2.75) is 13.5 Å². The Balaban J connectivity index is 2.86. The number of carbonyl (C=O) groups excluding carboxylic acids is 1. The third-order valence-corrected chi connectivity index (χ3v) is 4.48. The molecule has 0 N–H and O–H groups in total. The maximum atomic E-state index is 12.3. The Hall–Kier alpha value is -1.44. The highest BCUT2D eigenvalue weighted by atomic mass is 32.2. The van der Waals surface area contributed by atoms with E-state index < -0.39 is 16.0 Å². The lowest BCUT2D eigenvalue weighted by atomic mass is 10.2. The summed E-state index contributed by atoms with van der Waals surface area (Å²) in [4.78, 5) is 11.6. The molecule has 0 aliphatic rings. The molecule has 21 heavy (non-hydrogen) atoms. The Labute approximate surface area is 125 Å². The largest absolute Gasteiger partial charge is 0.465 e. The van der Waals surface area contributed by atoms with Crippen LogP contribution in [0.15, 0.2) is 30.3 Å². The fourth-order valence-electron chi connectivity index (χ4n) is 1.71. The molecule has 0 aromatic heterocycles. The standard InChI is InChI=1S/C14H21NO5S/c1-3-20-14(16)12-15(21(17,18)10-9-19-2)11-13-7-5-4-6-8-13/h4-8H,3,9-12H2,1-2H3. The number of sulfonamides is 1. The van der Waals surface area contributed by atoms with Gasteiger partial charge in [-0.15, -0.1) is 0 Å². The second kappa shape index (κ2) is 8.76. The number of rotatable bonds is 9. The molecule has 0 unspecified atom stereocenters. The highest BCUT2D eigenvalue weighted by Gasteiger charge is 2.25. The minimum absolute atomic E-state index is 0.0798. The lowest BCUT2D eigenvalue weighted by Gasteiger charge is -2.21. The van der Waals surface area contributed by atoms with E-state index in [1.54, 1.807) is 6.92 Å². The van der Waals surface area contributed by atoms with Crippen molar-refractivity contribution in [2.75, 3.05) is 32.6 Å². The van der Waals surface area contributed by atoms with Gasteiger partial charge in [-0.25, -0.2) is 8.42 Å². The highest BCUT2D eigenvalue weighted by Crippen LogP contribution is 2.10. The van der Waals surface area contributed by atoms with Gasteiger partial charge in [0.05, 0.1) is 19.0 Å². The zero-order chi connectivity index (χ0) is 15.7. The molecule has 0 amide bonds. The first kappa shape index (κ1) is 17.6. The Kier molecular flexibility index (Phi) is 7.35. The van der Waals surface area contributed by atoms with E-state index in [0.717, 1.165) is 9.87 Å². The van der Waals surface area contributed by atoms with Crippen LogP contribution in [0.2, 0.25) is 0 Å². The van der Waals surface area contributed by atoms with E-state index in [2.05, 4.69) is 0 Å². The van der Waals surface area contributed by atoms with Gasteiger partial charge in [0.2, 0.25) is 10.0 Å². The topological polar surface area (TPSA) is 72.9 Å². The number of esters is 1.